The summed E-state index contributed by atoms with van der Waals surface area (Å²) in [6.07, 6.45) is 2.85. The molecule has 2 aromatic carbocycles. The largest absolute Gasteiger partial charge is 0.379 e. The van der Waals surface area contributed by atoms with Gasteiger partial charge in [0, 0.05) is 37.8 Å². The van der Waals surface area contributed by atoms with E-state index in [9.17, 15) is 13.2 Å². The number of morpholine rings is 1. The molecule has 33 heavy (non-hydrogen) atoms. The summed E-state index contributed by atoms with van der Waals surface area (Å²) in [6.45, 7) is 6.11. The number of nitrogens with zero attached hydrogens (tertiary/aromatic N) is 2. The second kappa shape index (κ2) is 10.8. The number of hydrogen-bond acceptors (Lipinski definition) is 5. The third-order valence-corrected chi connectivity index (χ3v) is 8.39. The van der Waals surface area contributed by atoms with Crippen molar-refractivity contribution in [3.63, 3.8) is 0 Å². The highest BCUT2D eigenvalue weighted by Gasteiger charge is 2.29. The van der Waals surface area contributed by atoms with Gasteiger partial charge in [-0.15, -0.1) is 0 Å². The number of carbonyl (C=O) groups excluding carboxylic acids is 1. The second-order valence-electron chi connectivity index (χ2n) is 8.76. The Morgan fingerprint density at radius 2 is 1.55 bits per heavy atom. The summed E-state index contributed by atoms with van der Waals surface area (Å²) in [5.41, 5.74) is 1.60. The van der Waals surface area contributed by atoms with E-state index in [1.54, 1.807) is 28.6 Å². The van der Waals surface area contributed by atoms with Gasteiger partial charge in [0.1, 0.15) is 0 Å². The highest BCUT2D eigenvalue weighted by molar-refractivity contribution is 7.89. The number of nitrogens with one attached hydrogen (secondary N) is 1. The van der Waals surface area contributed by atoms with Crippen LogP contribution >= 0.6 is 0 Å². The number of rotatable bonds is 7. The Morgan fingerprint density at radius 3 is 2.18 bits per heavy atom. The lowest BCUT2D eigenvalue weighted by Gasteiger charge is -2.38. The zero-order chi connectivity index (χ0) is 23.3. The molecule has 2 heterocycles. The quantitative estimate of drug-likeness (QED) is 0.672. The van der Waals surface area contributed by atoms with Gasteiger partial charge in [0.05, 0.1) is 24.2 Å². The zero-order valence-electron chi connectivity index (χ0n) is 19.2. The Balaban J connectivity index is 1.47. The fraction of sp³-hybridized carbons (Fsp3) is 0.480. The first-order valence-corrected chi connectivity index (χ1v) is 13.2. The molecule has 1 amide bonds. The van der Waals surface area contributed by atoms with Crippen LogP contribution < -0.4 is 5.32 Å². The predicted octanol–water partition coefficient (Wildman–Crippen LogP) is 3.05. The lowest BCUT2D eigenvalue weighted by atomic mass is 9.97. The fourth-order valence-electron chi connectivity index (χ4n) is 4.72. The molecule has 0 spiro atoms. The fourth-order valence-corrected chi connectivity index (χ4v) is 6.24. The standard InChI is InChI=1S/C25H33N3O4S/c1-20(24(21-8-4-2-5-9-21)27-16-18-32-19-17-27)26-25(29)22-10-12-23(13-11-22)33(30,31)28-14-6-3-7-15-28/h2,4-5,8-13,20,24H,3,6-7,14-19H2,1H3,(H,26,29)/t20-,24+/m1/s1. The number of ether oxygens (including phenoxy) is 1. The number of sulfonamides is 1. The number of piperidine rings is 1. The molecular formula is C25H33N3O4S. The van der Waals surface area contributed by atoms with Crippen LogP contribution in [0.25, 0.3) is 0 Å². The minimum absolute atomic E-state index is 0.0257. The SMILES string of the molecule is C[C@@H](NC(=O)c1ccc(S(=O)(=O)N2CCCCC2)cc1)[C@@H](c1ccccc1)N1CCOCC1. The second-order valence-corrected chi connectivity index (χ2v) is 10.7. The van der Waals surface area contributed by atoms with Gasteiger partial charge in [-0.1, -0.05) is 36.8 Å². The summed E-state index contributed by atoms with van der Waals surface area (Å²) in [4.78, 5) is 15.6. The van der Waals surface area contributed by atoms with Crippen LogP contribution in [0.2, 0.25) is 0 Å². The molecule has 0 aromatic heterocycles. The lowest BCUT2D eigenvalue weighted by molar-refractivity contribution is 0.00888. The molecular weight excluding hydrogens is 438 g/mol. The van der Waals surface area contributed by atoms with E-state index in [4.69, 9.17) is 4.74 Å². The first kappa shape index (κ1) is 23.9. The molecule has 2 fully saturated rings. The van der Waals surface area contributed by atoms with E-state index in [1.165, 1.54) is 0 Å². The highest BCUT2D eigenvalue weighted by atomic mass is 32.2. The van der Waals surface area contributed by atoms with Crippen molar-refractivity contribution in [2.45, 2.75) is 43.2 Å². The predicted molar refractivity (Wildman–Crippen MR) is 128 cm³/mol. The van der Waals surface area contributed by atoms with Crippen LogP contribution in [0.4, 0.5) is 0 Å². The van der Waals surface area contributed by atoms with E-state index < -0.39 is 10.0 Å². The van der Waals surface area contributed by atoms with E-state index >= 15 is 0 Å². The molecule has 2 aliphatic heterocycles. The minimum atomic E-state index is -3.51. The van der Waals surface area contributed by atoms with Gasteiger partial charge < -0.3 is 10.1 Å². The topological polar surface area (TPSA) is 79.0 Å². The first-order valence-electron chi connectivity index (χ1n) is 11.7. The number of carbonyl (C=O) groups is 1. The molecule has 0 bridgehead atoms. The van der Waals surface area contributed by atoms with Gasteiger partial charge in [-0.25, -0.2) is 8.42 Å². The Labute approximate surface area is 196 Å². The Bertz CT molecular complexity index is 1020. The van der Waals surface area contributed by atoms with Gasteiger partial charge in [-0.3, -0.25) is 9.69 Å². The molecule has 2 saturated heterocycles. The van der Waals surface area contributed by atoms with E-state index in [0.29, 0.717) is 31.9 Å². The van der Waals surface area contributed by atoms with Crippen molar-refractivity contribution < 1.29 is 17.9 Å². The van der Waals surface area contributed by atoms with Gasteiger partial charge in [0.2, 0.25) is 10.0 Å². The summed E-state index contributed by atoms with van der Waals surface area (Å²) in [6, 6.07) is 16.4. The third-order valence-electron chi connectivity index (χ3n) is 6.48. The third kappa shape index (κ3) is 5.63. The molecule has 0 unspecified atom stereocenters. The van der Waals surface area contributed by atoms with Gasteiger partial charge in [-0.2, -0.15) is 4.31 Å². The van der Waals surface area contributed by atoms with Gasteiger partial charge in [0.15, 0.2) is 0 Å². The highest BCUT2D eigenvalue weighted by Crippen LogP contribution is 2.26. The van der Waals surface area contributed by atoms with E-state index in [2.05, 4.69) is 22.3 Å². The van der Waals surface area contributed by atoms with Crippen molar-refractivity contribution in [1.82, 2.24) is 14.5 Å². The average Bonchev–Trinajstić information content (AvgIpc) is 2.86. The summed E-state index contributed by atoms with van der Waals surface area (Å²) < 4.78 is 32.8. The van der Waals surface area contributed by atoms with Crippen molar-refractivity contribution in [2.24, 2.45) is 0 Å². The maximum atomic E-state index is 13.0. The summed E-state index contributed by atoms with van der Waals surface area (Å²) in [5.74, 6) is -0.210. The number of hydrogen-bond donors (Lipinski definition) is 1. The molecule has 7 nitrogen and oxygen atoms in total. The van der Waals surface area contributed by atoms with Crippen LogP contribution in [0.3, 0.4) is 0 Å². The van der Waals surface area contributed by atoms with Gasteiger partial charge in [0.25, 0.3) is 5.91 Å². The molecule has 0 radical (unpaired) electrons. The molecule has 8 heteroatoms. The Morgan fingerprint density at radius 1 is 0.909 bits per heavy atom. The lowest BCUT2D eigenvalue weighted by Crippen LogP contribution is -2.48. The van der Waals surface area contributed by atoms with Crippen LogP contribution in [-0.4, -0.2) is 69.0 Å². The molecule has 4 rings (SSSR count). The minimum Gasteiger partial charge on any atom is -0.379 e. The van der Waals surface area contributed by atoms with Crippen molar-refractivity contribution >= 4 is 15.9 Å². The molecule has 178 valence electrons. The van der Waals surface area contributed by atoms with E-state index in [0.717, 1.165) is 37.9 Å². The Kier molecular flexibility index (Phi) is 7.80. The zero-order valence-corrected chi connectivity index (χ0v) is 20.0. The van der Waals surface area contributed by atoms with Gasteiger partial charge in [-0.05, 0) is 49.6 Å². The van der Waals surface area contributed by atoms with E-state index in [-0.39, 0.29) is 22.9 Å². The molecule has 2 aliphatic rings. The van der Waals surface area contributed by atoms with Crippen LogP contribution in [0.15, 0.2) is 59.5 Å². The van der Waals surface area contributed by atoms with Crippen LogP contribution in [0.1, 0.15) is 48.1 Å². The number of benzene rings is 2. The van der Waals surface area contributed by atoms with E-state index in [1.807, 2.05) is 25.1 Å². The van der Waals surface area contributed by atoms with Crippen LogP contribution in [0.5, 0.6) is 0 Å². The first-order chi connectivity index (χ1) is 16.0. The summed E-state index contributed by atoms with van der Waals surface area (Å²) >= 11 is 0. The maximum Gasteiger partial charge on any atom is 0.251 e. The molecule has 2 aromatic rings. The smallest absolute Gasteiger partial charge is 0.251 e. The number of amides is 1. The van der Waals surface area contributed by atoms with Crippen LogP contribution in [0, 0.1) is 0 Å². The molecule has 2 atom stereocenters. The van der Waals surface area contributed by atoms with Crippen LogP contribution in [-0.2, 0) is 14.8 Å². The molecule has 0 aliphatic carbocycles. The maximum absolute atomic E-state index is 13.0. The average molecular weight is 472 g/mol. The monoisotopic (exact) mass is 471 g/mol. The normalized spacial score (nSPS) is 20.2. The van der Waals surface area contributed by atoms with Crippen molar-refractivity contribution in [2.75, 3.05) is 39.4 Å². The molecule has 1 N–H and O–H groups in total. The Hall–Kier alpha value is -2.26. The van der Waals surface area contributed by atoms with Gasteiger partial charge >= 0.3 is 0 Å². The molecule has 0 saturated carbocycles. The van der Waals surface area contributed by atoms with Crippen molar-refractivity contribution in [3.05, 3.63) is 65.7 Å². The van der Waals surface area contributed by atoms with Crippen molar-refractivity contribution in [1.29, 1.82) is 0 Å². The summed E-state index contributed by atoms with van der Waals surface area (Å²) in [7, 11) is -3.51. The van der Waals surface area contributed by atoms with Crippen molar-refractivity contribution in [3.8, 4) is 0 Å². The summed E-state index contributed by atoms with van der Waals surface area (Å²) in [5, 5.41) is 3.13.